The Morgan fingerprint density at radius 2 is 1.47 bits per heavy atom. The maximum Gasteiger partial charge on any atom is 0.374 e. The highest BCUT2D eigenvalue weighted by atomic mass is 16.5. The maximum atomic E-state index is 13.0. The summed E-state index contributed by atoms with van der Waals surface area (Å²) < 4.78 is 5.82. The Morgan fingerprint density at radius 1 is 0.867 bits per heavy atom. The standard InChI is InChI=1S/C24H21NO5/c1-30-24(29)22(27)14-21(26)20-13-19(12-17-8-4-2-5-9-17)16-25(23(20)28)15-18-10-6-3-7-11-18/h2-11,13,16H,12,14-15H2,1H3. The van der Waals surface area contributed by atoms with E-state index in [4.69, 9.17) is 0 Å². The van der Waals surface area contributed by atoms with Crippen LogP contribution in [0.3, 0.4) is 0 Å². The number of ketones is 2. The van der Waals surface area contributed by atoms with Crippen molar-refractivity contribution >= 4 is 17.5 Å². The number of methoxy groups -OCH3 is 1. The van der Waals surface area contributed by atoms with Gasteiger partial charge < -0.3 is 9.30 Å². The molecule has 0 saturated carbocycles. The van der Waals surface area contributed by atoms with Gasteiger partial charge in [-0.05, 0) is 29.2 Å². The van der Waals surface area contributed by atoms with Crippen LogP contribution >= 0.6 is 0 Å². The van der Waals surface area contributed by atoms with Gasteiger partial charge in [0.15, 0.2) is 5.78 Å². The van der Waals surface area contributed by atoms with E-state index in [9.17, 15) is 19.2 Å². The summed E-state index contributed by atoms with van der Waals surface area (Å²) in [5.74, 6) is -2.79. The Morgan fingerprint density at radius 3 is 2.07 bits per heavy atom. The molecule has 1 heterocycles. The van der Waals surface area contributed by atoms with E-state index in [-0.39, 0.29) is 12.1 Å². The second-order valence-electron chi connectivity index (χ2n) is 6.86. The Bertz CT molecular complexity index is 1120. The highest BCUT2D eigenvalue weighted by molar-refractivity contribution is 6.38. The second-order valence-corrected chi connectivity index (χ2v) is 6.86. The number of carbonyl (C=O) groups excluding carboxylic acids is 3. The fraction of sp³-hybridized carbons (Fsp3) is 0.167. The van der Waals surface area contributed by atoms with E-state index in [1.54, 1.807) is 6.20 Å². The van der Waals surface area contributed by atoms with E-state index in [0.717, 1.165) is 23.8 Å². The van der Waals surface area contributed by atoms with Gasteiger partial charge in [0, 0.05) is 6.20 Å². The van der Waals surface area contributed by atoms with Crippen LogP contribution in [-0.2, 0) is 27.3 Å². The highest BCUT2D eigenvalue weighted by Gasteiger charge is 2.22. The van der Waals surface area contributed by atoms with Gasteiger partial charge in [-0.2, -0.15) is 0 Å². The minimum atomic E-state index is -1.10. The van der Waals surface area contributed by atoms with Crippen LogP contribution in [0.4, 0.5) is 0 Å². The molecule has 152 valence electrons. The minimum absolute atomic E-state index is 0.114. The van der Waals surface area contributed by atoms with Crippen LogP contribution in [0.25, 0.3) is 0 Å². The summed E-state index contributed by atoms with van der Waals surface area (Å²) in [5, 5.41) is 0. The van der Waals surface area contributed by atoms with Crippen molar-refractivity contribution < 1.29 is 19.1 Å². The topological polar surface area (TPSA) is 82.4 Å². The maximum absolute atomic E-state index is 13.0. The van der Waals surface area contributed by atoms with Gasteiger partial charge in [-0.3, -0.25) is 14.4 Å². The first kappa shape index (κ1) is 20.9. The average Bonchev–Trinajstić information content (AvgIpc) is 2.76. The molecule has 6 heteroatoms. The average molecular weight is 403 g/mol. The third kappa shape index (κ3) is 5.17. The van der Waals surface area contributed by atoms with E-state index >= 15 is 0 Å². The van der Waals surface area contributed by atoms with E-state index in [2.05, 4.69) is 4.74 Å². The van der Waals surface area contributed by atoms with E-state index in [0.29, 0.717) is 6.42 Å². The van der Waals surface area contributed by atoms with Crippen molar-refractivity contribution in [2.75, 3.05) is 7.11 Å². The van der Waals surface area contributed by atoms with E-state index in [1.165, 1.54) is 10.6 Å². The molecule has 0 aliphatic carbocycles. The van der Waals surface area contributed by atoms with Crippen LogP contribution in [-0.4, -0.2) is 29.2 Å². The Kier molecular flexibility index (Phi) is 6.70. The number of esters is 1. The summed E-state index contributed by atoms with van der Waals surface area (Å²) in [7, 11) is 1.07. The minimum Gasteiger partial charge on any atom is -0.463 e. The van der Waals surface area contributed by atoms with Crippen molar-refractivity contribution in [3.63, 3.8) is 0 Å². The van der Waals surface area contributed by atoms with Gasteiger partial charge in [0.05, 0.1) is 25.6 Å². The number of rotatable bonds is 8. The monoisotopic (exact) mass is 403 g/mol. The molecular formula is C24H21NO5. The lowest BCUT2D eigenvalue weighted by atomic mass is 10.0. The Balaban J connectivity index is 1.99. The molecule has 3 rings (SSSR count). The molecule has 6 nitrogen and oxygen atoms in total. The molecule has 0 aliphatic rings. The molecular weight excluding hydrogens is 382 g/mol. The lowest BCUT2D eigenvalue weighted by Crippen LogP contribution is -2.29. The fourth-order valence-electron chi connectivity index (χ4n) is 3.15. The molecule has 3 aromatic rings. The third-order valence-electron chi connectivity index (χ3n) is 4.62. The first-order chi connectivity index (χ1) is 14.5. The second kappa shape index (κ2) is 9.60. The fourth-order valence-corrected chi connectivity index (χ4v) is 3.15. The van der Waals surface area contributed by atoms with Crippen LogP contribution in [0, 0.1) is 0 Å². The number of Topliss-reactive ketones (excluding diaryl/α,β-unsaturated/α-hetero) is 2. The van der Waals surface area contributed by atoms with Crippen LogP contribution in [0.2, 0.25) is 0 Å². The largest absolute Gasteiger partial charge is 0.463 e. The predicted octanol–water partition coefficient (Wildman–Crippen LogP) is 2.80. The molecule has 0 spiro atoms. The zero-order valence-electron chi connectivity index (χ0n) is 16.5. The molecule has 30 heavy (non-hydrogen) atoms. The van der Waals surface area contributed by atoms with Crippen molar-refractivity contribution in [2.24, 2.45) is 0 Å². The predicted molar refractivity (Wildman–Crippen MR) is 111 cm³/mol. The molecule has 0 unspecified atom stereocenters. The number of benzene rings is 2. The number of ether oxygens (including phenoxy) is 1. The van der Waals surface area contributed by atoms with Crippen LogP contribution in [0.15, 0.2) is 77.7 Å². The lowest BCUT2D eigenvalue weighted by Gasteiger charge is -2.12. The van der Waals surface area contributed by atoms with Gasteiger partial charge in [-0.25, -0.2) is 4.79 Å². The molecule has 0 aliphatic heterocycles. The molecule has 0 fully saturated rings. The van der Waals surface area contributed by atoms with E-state index < -0.39 is 29.5 Å². The summed E-state index contributed by atoms with van der Waals surface area (Å²) in [4.78, 5) is 48.8. The van der Waals surface area contributed by atoms with Gasteiger partial charge in [-0.1, -0.05) is 60.7 Å². The normalized spacial score (nSPS) is 10.4. The Hall–Kier alpha value is -3.80. The van der Waals surface area contributed by atoms with Crippen molar-refractivity contribution in [2.45, 2.75) is 19.4 Å². The molecule has 0 bridgehead atoms. The van der Waals surface area contributed by atoms with E-state index in [1.807, 2.05) is 60.7 Å². The van der Waals surface area contributed by atoms with Gasteiger partial charge in [-0.15, -0.1) is 0 Å². The van der Waals surface area contributed by atoms with Crippen molar-refractivity contribution in [1.29, 1.82) is 0 Å². The number of aromatic nitrogens is 1. The van der Waals surface area contributed by atoms with Gasteiger partial charge in [0.25, 0.3) is 5.56 Å². The smallest absolute Gasteiger partial charge is 0.374 e. The van der Waals surface area contributed by atoms with Gasteiger partial charge in [0.1, 0.15) is 0 Å². The molecule has 2 aromatic carbocycles. The number of hydrogen-bond donors (Lipinski definition) is 0. The van der Waals surface area contributed by atoms with Crippen molar-refractivity contribution in [1.82, 2.24) is 4.57 Å². The molecule has 0 N–H and O–H groups in total. The van der Waals surface area contributed by atoms with Crippen LogP contribution < -0.4 is 5.56 Å². The summed E-state index contributed by atoms with van der Waals surface area (Å²) in [5.41, 5.74) is 2.06. The first-order valence-corrected chi connectivity index (χ1v) is 9.43. The highest BCUT2D eigenvalue weighted by Crippen LogP contribution is 2.12. The number of nitrogens with zero attached hydrogens (tertiary/aromatic N) is 1. The third-order valence-corrected chi connectivity index (χ3v) is 4.62. The van der Waals surface area contributed by atoms with Crippen LogP contribution in [0.5, 0.6) is 0 Å². The van der Waals surface area contributed by atoms with Gasteiger partial charge >= 0.3 is 5.97 Å². The Labute approximate surface area is 173 Å². The SMILES string of the molecule is COC(=O)C(=O)CC(=O)c1cc(Cc2ccccc2)cn(Cc2ccccc2)c1=O. The molecule has 0 radical (unpaired) electrons. The van der Waals surface area contributed by atoms with Crippen molar-refractivity contribution in [3.8, 4) is 0 Å². The first-order valence-electron chi connectivity index (χ1n) is 9.43. The van der Waals surface area contributed by atoms with Gasteiger partial charge in [0.2, 0.25) is 5.78 Å². The summed E-state index contributed by atoms with van der Waals surface area (Å²) in [6.45, 7) is 0.285. The molecule has 0 saturated heterocycles. The number of carbonyl (C=O) groups is 3. The van der Waals surface area contributed by atoms with Crippen molar-refractivity contribution in [3.05, 3.63) is 106 Å². The quantitative estimate of drug-likeness (QED) is 0.250. The van der Waals surface area contributed by atoms with Crippen LogP contribution in [0.1, 0.15) is 33.5 Å². The molecule has 1 aromatic heterocycles. The lowest BCUT2D eigenvalue weighted by molar-refractivity contribution is -0.151. The number of pyridine rings is 1. The summed E-state index contributed by atoms with van der Waals surface area (Å²) in [6.07, 6.45) is 1.53. The number of hydrogen-bond acceptors (Lipinski definition) is 5. The molecule has 0 amide bonds. The summed E-state index contributed by atoms with van der Waals surface area (Å²) >= 11 is 0. The zero-order valence-corrected chi connectivity index (χ0v) is 16.5. The zero-order chi connectivity index (χ0) is 21.5. The summed E-state index contributed by atoms with van der Waals surface area (Å²) in [6, 6.07) is 20.5. The molecule has 0 atom stereocenters.